The third-order valence-electron chi connectivity index (χ3n) is 13.3. The van der Waals surface area contributed by atoms with Gasteiger partial charge in [-0.1, -0.05) is 260 Å². The standard InChI is InChI=1S/C69H47N5Si2/c1-5-26-50(27-6-1)75(51-28-7-2-8-29-51,52-30-9-3-10-31-52)54-34-21-24-48(46-54)67-70-68(72-69(71-67)74-61-41-17-13-36-56(61)57-37-14-18-42-62(57)74)49-25-22-35-55(47-49)76(53-32-11-4-12-33-53)64-44-20-19-43-63(64)73-60-40-16-15-38-58(60)59-39-23-45-65(76)66(59)73/h1-47H/i1D,4D,5D,6D,11D,12D,13D,14D,15D,16D,17D,18D,19D,20D,21D,22D,23D,24D,25D,26D,27D,32D,33D,34D,35D,36D,37D,38D,39D,40D,41D,42D,43D,44D,45D,46D,47D. The maximum Gasteiger partial charge on any atom is 0.238 e. The lowest BCUT2D eigenvalue weighted by atomic mass is 10.1. The fourth-order valence-electron chi connectivity index (χ4n) is 10.3. The first-order valence-electron chi connectivity index (χ1n) is 41.5. The summed E-state index contributed by atoms with van der Waals surface area (Å²) in [5.74, 6) is -3.44. The molecule has 0 fully saturated rings. The zero-order chi connectivity index (χ0) is 82.4. The quantitative estimate of drug-likeness (QED) is 0.107. The molecule has 356 valence electrons. The highest BCUT2D eigenvalue weighted by molar-refractivity contribution is 7.21. The monoisotopic (exact) mass is 1040 g/mol. The zero-order valence-corrected chi connectivity index (χ0v) is 40.5. The highest BCUT2D eigenvalue weighted by Crippen LogP contribution is 2.36. The molecular formula is C69H47N5Si2. The van der Waals surface area contributed by atoms with Crippen LogP contribution < -0.4 is 41.5 Å². The Morgan fingerprint density at radius 2 is 0.829 bits per heavy atom. The molecule has 1 atom stereocenters. The molecule has 0 aliphatic carbocycles. The Labute approximate surface area is 494 Å². The van der Waals surface area contributed by atoms with Crippen molar-refractivity contribution in [2.75, 3.05) is 0 Å². The van der Waals surface area contributed by atoms with Gasteiger partial charge in [-0.15, -0.1) is 0 Å². The first kappa shape index (κ1) is 20.6. The van der Waals surface area contributed by atoms with Crippen molar-refractivity contribution < 1.29 is 50.7 Å². The molecule has 0 N–H and O–H groups in total. The molecule has 3 aromatic heterocycles. The molecule has 14 aromatic rings. The molecule has 5 nitrogen and oxygen atoms in total. The summed E-state index contributed by atoms with van der Waals surface area (Å²) < 4.78 is 357. The van der Waals surface area contributed by atoms with E-state index in [9.17, 15) is 37.0 Å². The molecule has 1 unspecified atom stereocenters. The lowest BCUT2D eigenvalue weighted by Crippen LogP contribution is -2.76. The molecule has 0 radical (unpaired) electrons. The maximum atomic E-state index is 11.0. The smallest absolute Gasteiger partial charge is 0.238 e. The van der Waals surface area contributed by atoms with Crippen LogP contribution >= 0.6 is 0 Å². The van der Waals surface area contributed by atoms with Crippen LogP contribution in [0.3, 0.4) is 0 Å². The van der Waals surface area contributed by atoms with Crippen molar-refractivity contribution in [1.82, 2.24) is 24.1 Å². The summed E-state index contributed by atoms with van der Waals surface area (Å²) in [6, 6.07) is -24.6. The third kappa shape index (κ3) is 6.46. The van der Waals surface area contributed by atoms with Gasteiger partial charge in [0.25, 0.3) is 0 Å². The number of nitrogens with zero attached hydrogens (tertiary/aromatic N) is 5. The number of rotatable bonds is 9. The zero-order valence-electron chi connectivity index (χ0n) is 75.5. The fraction of sp³-hybridized carbons (Fsp3) is 0. The molecule has 0 amide bonds. The first-order valence-corrected chi connectivity index (χ1v) is 27.0. The van der Waals surface area contributed by atoms with Gasteiger partial charge >= 0.3 is 0 Å². The lowest BCUT2D eigenvalue weighted by Gasteiger charge is -2.39. The van der Waals surface area contributed by atoms with Gasteiger partial charge in [-0.2, -0.15) is 9.97 Å². The molecule has 0 saturated heterocycles. The minimum atomic E-state index is -6.52. The molecule has 15 rings (SSSR count). The van der Waals surface area contributed by atoms with Gasteiger partial charge in [-0.3, -0.25) is 4.57 Å². The van der Waals surface area contributed by atoms with E-state index >= 15 is 0 Å². The fourth-order valence-corrected chi connectivity index (χ4v) is 18.6. The Balaban J connectivity index is 1.22. The van der Waals surface area contributed by atoms with Crippen LogP contribution in [0.2, 0.25) is 0 Å². The minimum absolute atomic E-state index is 0.0985. The predicted molar refractivity (Wildman–Crippen MR) is 320 cm³/mol. The summed E-state index contributed by atoms with van der Waals surface area (Å²) in [4.78, 5) is 14.2. The highest BCUT2D eigenvalue weighted by Gasteiger charge is 2.48. The first-order chi connectivity index (χ1) is 53.1. The topological polar surface area (TPSA) is 48.5 Å². The second-order valence-corrected chi connectivity index (χ2v) is 24.2. The normalized spacial score (nSPS) is 20.9. The number of fused-ring (bicyclic) bond motifs is 8. The summed E-state index contributed by atoms with van der Waals surface area (Å²) in [7, 11) is -11.6. The largest absolute Gasteiger partial charge is 0.309 e. The molecule has 4 heterocycles. The number of benzene rings is 11. The Bertz CT molecular complexity index is 6620. The van der Waals surface area contributed by atoms with Crippen LogP contribution in [0.4, 0.5) is 0 Å². The van der Waals surface area contributed by atoms with Gasteiger partial charge in [0, 0.05) is 38.4 Å². The highest BCUT2D eigenvalue weighted by atomic mass is 28.3. The number of hydrogen-bond acceptors (Lipinski definition) is 3. The van der Waals surface area contributed by atoms with Crippen LogP contribution in [0.15, 0.2) is 284 Å². The average molecular weight is 1040 g/mol. The maximum absolute atomic E-state index is 11.0. The van der Waals surface area contributed by atoms with Gasteiger partial charge in [0.15, 0.2) is 27.8 Å². The van der Waals surface area contributed by atoms with Crippen molar-refractivity contribution in [2.24, 2.45) is 0 Å². The molecule has 76 heavy (non-hydrogen) atoms. The third-order valence-corrected chi connectivity index (χ3v) is 21.9. The Morgan fingerprint density at radius 3 is 1.49 bits per heavy atom. The van der Waals surface area contributed by atoms with Gasteiger partial charge in [0.05, 0.1) is 72.8 Å². The summed E-state index contributed by atoms with van der Waals surface area (Å²) in [5, 5.41) is -7.61. The predicted octanol–water partition coefficient (Wildman–Crippen LogP) is 10.5. The van der Waals surface area contributed by atoms with Crippen molar-refractivity contribution >= 4 is 101 Å². The minimum Gasteiger partial charge on any atom is -0.309 e. The molecule has 0 spiro atoms. The van der Waals surface area contributed by atoms with Crippen molar-refractivity contribution in [2.45, 2.75) is 0 Å². The molecule has 11 aromatic carbocycles. The van der Waals surface area contributed by atoms with Crippen molar-refractivity contribution in [3.8, 4) is 34.4 Å². The Kier molecular flexibility index (Phi) is 4.77. The van der Waals surface area contributed by atoms with Gasteiger partial charge in [-0.05, 0) is 65.7 Å². The van der Waals surface area contributed by atoms with Crippen molar-refractivity contribution in [1.29, 1.82) is 0 Å². The van der Waals surface area contributed by atoms with Crippen LogP contribution in [0, 0.1) is 0 Å². The molecular weight excluding hydrogens is 955 g/mol. The van der Waals surface area contributed by atoms with E-state index in [1.165, 1.54) is 48.5 Å². The van der Waals surface area contributed by atoms with Crippen LogP contribution in [-0.4, -0.2) is 40.2 Å². The summed E-state index contributed by atoms with van der Waals surface area (Å²) in [6.45, 7) is 0. The lowest BCUT2D eigenvalue weighted by molar-refractivity contribution is 0.953. The van der Waals surface area contributed by atoms with Crippen LogP contribution in [0.25, 0.3) is 78.0 Å². The Hall–Kier alpha value is -9.54. The van der Waals surface area contributed by atoms with Gasteiger partial charge in [0.2, 0.25) is 5.95 Å². The van der Waals surface area contributed by atoms with Crippen LogP contribution in [0.1, 0.15) is 50.7 Å². The summed E-state index contributed by atoms with van der Waals surface area (Å²) >= 11 is 0. The van der Waals surface area contributed by atoms with E-state index in [0.29, 0.717) is 4.57 Å². The average Bonchev–Trinajstić information content (AvgIpc) is 1.60. The molecule has 0 bridgehead atoms. The summed E-state index contributed by atoms with van der Waals surface area (Å²) in [6.07, 6.45) is 0. The van der Waals surface area contributed by atoms with Gasteiger partial charge in [0.1, 0.15) is 0 Å². The number of para-hydroxylation sites is 5. The second kappa shape index (κ2) is 17.6. The summed E-state index contributed by atoms with van der Waals surface area (Å²) in [5.41, 5.74) is -5.96. The molecule has 1 aliphatic rings. The second-order valence-electron chi connectivity index (χ2n) is 17.1. The Morgan fingerprint density at radius 1 is 0.355 bits per heavy atom. The van der Waals surface area contributed by atoms with E-state index < -0.39 is 349 Å². The van der Waals surface area contributed by atoms with Crippen LogP contribution in [0.5, 0.6) is 0 Å². The van der Waals surface area contributed by atoms with E-state index in [-0.39, 0.29) is 10.4 Å². The number of aromatic nitrogens is 5. The number of hydrogen-bond donors (Lipinski definition) is 0. The molecule has 0 saturated carbocycles. The van der Waals surface area contributed by atoms with Crippen molar-refractivity contribution in [3.63, 3.8) is 0 Å². The van der Waals surface area contributed by atoms with Crippen molar-refractivity contribution in [3.05, 3.63) is 284 Å². The van der Waals surface area contributed by atoms with Gasteiger partial charge in [-0.25, -0.2) is 4.98 Å². The van der Waals surface area contributed by atoms with Gasteiger partial charge < -0.3 is 4.57 Å². The van der Waals surface area contributed by atoms with Crippen LogP contribution in [-0.2, 0) is 0 Å². The molecule has 1 aliphatic heterocycles. The van der Waals surface area contributed by atoms with E-state index in [1.807, 2.05) is 0 Å². The SMILES string of the molecule is [2H]c1c([2H])c([2H])c([Si](c2ccccc2)(c2ccccc2)c2c([2H])c([2H])c([2H])c(-c3nc(-c4c([2H])c([2H])c([2H])c([Si]5(c6c([2H])c([2H])c([2H])c([2H])c6[2H])c6c([2H])c([2H])c([2H])c([2H])c6-n6c7c([2H])c([2H])c([2H])c([2H])c7c7c([2H])c([2H])c([2H])c5c76)c4[2H])nc(-n4c5c([2H])c([2H])c([2H])c([2H])c5c5c([2H])c([2H])c([2H])c([2H])c54)n3)c2[2H])c([2H])c1[2H]. The van der Waals surface area contributed by atoms with E-state index in [1.54, 1.807) is 12.1 Å². The molecule has 7 heteroatoms. The van der Waals surface area contributed by atoms with E-state index in [4.69, 9.17) is 28.7 Å². The van der Waals surface area contributed by atoms with E-state index in [2.05, 4.69) is 0 Å². The van der Waals surface area contributed by atoms with E-state index in [0.717, 1.165) is 4.57 Å².